The lowest BCUT2D eigenvalue weighted by Gasteiger charge is -2.38. The van der Waals surface area contributed by atoms with Gasteiger partial charge in [-0.2, -0.15) is 0 Å². The summed E-state index contributed by atoms with van der Waals surface area (Å²) >= 11 is 0. The molecule has 3 heteroatoms. The van der Waals surface area contributed by atoms with Crippen molar-refractivity contribution in [3.8, 4) is 0 Å². The van der Waals surface area contributed by atoms with Crippen LogP contribution < -0.4 is 10.2 Å². The van der Waals surface area contributed by atoms with E-state index in [0.29, 0.717) is 6.04 Å². The van der Waals surface area contributed by atoms with Gasteiger partial charge in [0.2, 0.25) is 0 Å². The molecule has 1 aromatic carbocycles. The van der Waals surface area contributed by atoms with Gasteiger partial charge in [0.15, 0.2) is 0 Å². The van der Waals surface area contributed by atoms with Crippen LogP contribution in [-0.4, -0.2) is 19.6 Å². The van der Waals surface area contributed by atoms with E-state index in [1.165, 1.54) is 0 Å². The average Bonchev–Trinajstić information content (AvgIpc) is 2.41. The highest BCUT2D eigenvalue weighted by Crippen LogP contribution is 2.33. The minimum atomic E-state index is -0.128. The van der Waals surface area contributed by atoms with Gasteiger partial charge in [-0.05, 0) is 44.4 Å². The zero-order valence-corrected chi connectivity index (χ0v) is 14.6. The number of hydrogen-bond acceptors (Lipinski definition) is 2. The summed E-state index contributed by atoms with van der Waals surface area (Å²) in [5, 5.41) is 3.40. The maximum atomic E-state index is 14.4. The molecule has 0 aliphatic rings. The van der Waals surface area contributed by atoms with Crippen molar-refractivity contribution in [1.29, 1.82) is 0 Å². The molecule has 21 heavy (non-hydrogen) atoms. The summed E-state index contributed by atoms with van der Waals surface area (Å²) in [6, 6.07) is 5.70. The Balaban J connectivity index is 3.15. The number of rotatable bonds is 6. The SMILES string of the molecule is CCCNC(C)c1c(F)cccc1N(C)C(C)C(C)(C)C. The third-order valence-corrected chi connectivity index (χ3v) is 4.38. The van der Waals surface area contributed by atoms with Gasteiger partial charge in [-0.3, -0.25) is 0 Å². The molecule has 0 spiro atoms. The molecular formula is C18H31FN2. The molecule has 1 N–H and O–H groups in total. The molecule has 120 valence electrons. The van der Waals surface area contributed by atoms with E-state index in [1.54, 1.807) is 12.1 Å². The van der Waals surface area contributed by atoms with Crippen molar-refractivity contribution in [2.24, 2.45) is 5.41 Å². The summed E-state index contributed by atoms with van der Waals surface area (Å²) in [4.78, 5) is 2.20. The summed E-state index contributed by atoms with van der Waals surface area (Å²) in [5.41, 5.74) is 1.89. The van der Waals surface area contributed by atoms with Crippen LogP contribution in [0.5, 0.6) is 0 Å². The molecular weight excluding hydrogens is 263 g/mol. The molecule has 0 saturated heterocycles. The van der Waals surface area contributed by atoms with Crippen molar-refractivity contribution < 1.29 is 4.39 Å². The standard InChI is InChI=1S/C18H31FN2/c1-8-12-20-13(2)17-15(19)10-9-11-16(17)21(7)14(3)18(4,5)6/h9-11,13-14,20H,8,12H2,1-7H3. The predicted molar refractivity (Wildman–Crippen MR) is 90.4 cm³/mol. The van der Waals surface area contributed by atoms with Crippen LogP contribution >= 0.6 is 0 Å². The fourth-order valence-electron chi connectivity index (χ4n) is 2.51. The molecule has 2 atom stereocenters. The molecule has 0 amide bonds. The third kappa shape index (κ3) is 4.44. The Kier molecular flexibility index (Phi) is 6.21. The summed E-state index contributed by atoms with van der Waals surface area (Å²) < 4.78 is 14.4. The van der Waals surface area contributed by atoms with E-state index in [2.05, 4.69) is 51.9 Å². The van der Waals surface area contributed by atoms with E-state index in [1.807, 2.05) is 13.0 Å². The lowest BCUT2D eigenvalue weighted by Crippen LogP contribution is -2.40. The molecule has 2 unspecified atom stereocenters. The van der Waals surface area contributed by atoms with E-state index < -0.39 is 0 Å². The summed E-state index contributed by atoms with van der Waals surface area (Å²) in [6.07, 6.45) is 1.04. The van der Waals surface area contributed by atoms with Crippen molar-refractivity contribution in [2.45, 2.75) is 60.0 Å². The van der Waals surface area contributed by atoms with Crippen LogP contribution in [0.4, 0.5) is 10.1 Å². The molecule has 0 fully saturated rings. The first-order chi connectivity index (χ1) is 9.70. The minimum Gasteiger partial charge on any atom is -0.371 e. The van der Waals surface area contributed by atoms with Gasteiger partial charge in [-0.1, -0.05) is 33.8 Å². The van der Waals surface area contributed by atoms with Crippen LogP contribution in [-0.2, 0) is 0 Å². The highest BCUT2D eigenvalue weighted by Gasteiger charge is 2.27. The Bertz CT molecular complexity index is 451. The fraction of sp³-hybridized carbons (Fsp3) is 0.667. The number of halogens is 1. The van der Waals surface area contributed by atoms with Crippen molar-refractivity contribution in [3.05, 3.63) is 29.6 Å². The van der Waals surface area contributed by atoms with E-state index in [9.17, 15) is 4.39 Å². The Morgan fingerprint density at radius 2 is 1.86 bits per heavy atom. The number of benzene rings is 1. The minimum absolute atomic E-state index is 0.00997. The largest absolute Gasteiger partial charge is 0.371 e. The van der Waals surface area contributed by atoms with Gasteiger partial charge < -0.3 is 10.2 Å². The average molecular weight is 294 g/mol. The van der Waals surface area contributed by atoms with Crippen molar-refractivity contribution in [3.63, 3.8) is 0 Å². The van der Waals surface area contributed by atoms with Gasteiger partial charge in [0.05, 0.1) is 0 Å². The molecule has 1 aromatic rings. The van der Waals surface area contributed by atoms with E-state index in [-0.39, 0.29) is 17.3 Å². The van der Waals surface area contributed by atoms with Crippen LogP contribution in [0.15, 0.2) is 18.2 Å². The van der Waals surface area contributed by atoms with Gasteiger partial charge in [0, 0.05) is 30.4 Å². The highest BCUT2D eigenvalue weighted by atomic mass is 19.1. The summed E-state index contributed by atoms with van der Waals surface area (Å²) in [5.74, 6) is -0.128. The van der Waals surface area contributed by atoms with Gasteiger partial charge in [-0.25, -0.2) is 4.39 Å². The monoisotopic (exact) mass is 294 g/mol. The van der Waals surface area contributed by atoms with E-state index >= 15 is 0 Å². The number of hydrogen-bond donors (Lipinski definition) is 1. The van der Waals surface area contributed by atoms with E-state index in [4.69, 9.17) is 0 Å². The topological polar surface area (TPSA) is 15.3 Å². The Labute approximate surface area is 129 Å². The summed E-state index contributed by atoms with van der Waals surface area (Å²) in [6.45, 7) is 13.9. The smallest absolute Gasteiger partial charge is 0.130 e. The molecule has 0 aromatic heterocycles. The number of anilines is 1. The van der Waals surface area contributed by atoms with Crippen molar-refractivity contribution >= 4 is 5.69 Å². The Morgan fingerprint density at radius 1 is 1.24 bits per heavy atom. The zero-order valence-electron chi connectivity index (χ0n) is 14.6. The second-order valence-corrected chi connectivity index (χ2v) is 7.00. The van der Waals surface area contributed by atoms with Crippen molar-refractivity contribution in [2.75, 3.05) is 18.5 Å². The van der Waals surface area contributed by atoms with Crippen molar-refractivity contribution in [1.82, 2.24) is 5.32 Å². The van der Waals surface area contributed by atoms with Gasteiger partial charge in [0.25, 0.3) is 0 Å². The maximum absolute atomic E-state index is 14.4. The molecule has 1 rings (SSSR count). The Hall–Kier alpha value is -1.09. The number of nitrogens with one attached hydrogen (secondary N) is 1. The quantitative estimate of drug-likeness (QED) is 0.814. The van der Waals surface area contributed by atoms with Crippen LogP contribution in [0.2, 0.25) is 0 Å². The highest BCUT2D eigenvalue weighted by molar-refractivity contribution is 5.56. The third-order valence-electron chi connectivity index (χ3n) is 4.38. The van der Waals surface area contributed by atoms with Gasteiger partial charge in [0.1, 0.15) is 5.82 Å². The lowest BCUT2D eigenvalue weighted by molar-refractivity contribution is 0.328. The number of nitrogens with zero attached hydrogens (tertiary/aromatic N) is 1. The molecule has 0 aliphatic heterocycles. The van der Waals surface area contributed by atoms with Crippen LogP contribution in [0.25, 0.3) is 0 Å². The maximum Gasteiger partial charge on any atom is 0.130 e. The molecule has 2 nitrogen and oxygen atoms in total. The normalized spacial score (nSPS) is 14.9. The molecule has 0 bridgehead atoms. The molecule has 0 heterocycles. The molecule has 0 saturated carbocycles. The Morgan fingerprint density at radius 3 is 2.38 bits per heavy atom. The lowest BCUT2D eigenvalue weighted by atomic mass is 9.86. The summed E-state index contributed by atoms with van der Waals surface area (Å²) in [7, 11) is 2.06. The van der Waals surface area contributed by atoms with Crippen LogP contribution in [0, 0.1) is 11.2 Å². The fourth-order valence-corrected chi connectivity index (χ4v) is 2.51. The zero-order chi connectivity index (χ0) is 16.2. The first-order valence-electron chi connectivity index (χ1n) is 7.94. The predicted octanol–water partition coefficient (Wildman–Crippen LogP) is 4.76. The van der Waals surface area contributed by atoms with E-state index in [0.717, 1.165) is 24.2 Å². The molecule has 0 radical (unpaired) electrons. The molecule has 0 aliphatic carbocycles. The first kappa shape index (κ1) is 18.0. The van der Waals surface area contributed by atoms with Gasteiger partial charge in [-0.15, -0.1) is 0 Å². The first-order valence-corrected chi connectivity index (χ1v) is 7.94. The second-order valence-electron chi connectivity index (χ2n) is 7.00. The van der Waals surface area contributed by atoms with Gasteiger partial charge >= 0.3 is 0 Å². The second kappa shape index (κ2) is 7.26. The van der Waals surface area contributed by atoms with Crippen LogP contribution in [0.1, 0.15) is 59.6 Å². The van der Waals surface area contributed by atoms with Crippen LogP contribution in [0.3, 0.4) is 0 Å².